The molecule has 2 N–H and O–H groups in total. The largest absolute Gasteiger partial charge is 0.380 e. The van der Waals surface area contributed by atoms with Crippen molar-refractivity contribution in [3.05, 3.63) is 54.4 Å². The smallest absolute Gasteiger partial charge is 0.319 e. The van der Waals surface area contributed by atoms with Gasteiger partial charge in [0.25, 0.3) is 0 Å². The highest BCUT2D eigenvalue weighted by Crippen LogP contribution is 2.45. The van der Waals surface area contributed by atoms with Gasteiger partial charge in [0.2, 0.25) is 0 Å². The lowest BCUT2D eigenvalue weighted by molar-refractivity contribution is 0.0196. The zero-order valence-corrected chi connectivity index (χ0v) is 19.2. The van der Waals surface area contributed by atoms with Gasteiger partial charge in [0, 0.05) is 31.7 Å². The maximum atomic E-state index is 13.6. The van der Waals surface area contributed by atoms with Crippen molar-refractivity contribution >= 4 is 21.6 Å². The van der Waals surface area contributed by atoms with Gasteiger partial charge in [0.1, 0.15) is 0 Å². The van der Waals surface area contributed by atoms with E-state index >= 15 is 0 Å². The number of sulfone groups is 1. The molecule has 2 aliphatic rings. The lowest BCUT2D eigenvalue weighted by atomic mass is 9.69. The van der Waals surface area contributed by atoms with Gasteiger partial charge in [-0.3, -0.25) is 4.98 Å². The second-order valence-corrected chi connectivity index (χ2v) is 10.9. The molecule has 7 nitrogen and oxygen atoms in total. The molecule has 4 rings (SSSR count). The van der Waals surface area contributed by atoms with Crippen molar-refractivity contribution in [2.45, 2.75) is 61.3 Å². The van der Waals surface area contributed by atoms with Gasteiger partial charge in [-0.2, -0.15) is 0 Å². The molecule has 4 unspecified atom stereocenters. The Morgan fingerprint density at radius 1 is 1.09 bits per heavy atom. The predicted octanol–water partition coefficient (Wildman–Crippen LogP) is 4.16. The zero-order valence-electron chi connectivity index (χ0n) is 18.4. The summed E-state index contributed by atoms with van der Waals surface area (Å²) in [5, 5.41) is 5.00. The molecule has 2 saturated carbocycles. The maximum Gasteiger partial charge on any atom is 0.319 e. The van der Waals surface area contributed by atoms with Crippen molar-refractivity contribution in [2.24, 2.45) is 11.8 Å². The van der Waals surface area contributed by atoms with Crippen LogP contribution in [0.3, 0.4) is 0 Å². The number of amides is 2. The van der Waals surface area contributed by atoms with Crippen LogP contribution >= 0.6 is 0 Å². The average molecular weight is 458 g/mol. The predicted molar refractivity (Wildman–Crippen MR) is 123 cm³/mol. The van der Waals surface area contributed by atoms with Crippen molar-refractivity contribution in [1.29, 1.82) is 0 Å². The Morgan fingerprint density at radius 2 is 1.88 bits per heavy atom. The van der Waals surface area contributed by atoms with E-state index in [1.165, 1.54) is 6.42 Å². The van der Waals surface area contributed by atoms with Crippen LogP contribution < -0.4 is 10.6 Å². The summed E-state index contributed by atoms with van der Waals surface area (Å²) in [4.78, 5) is 16.5. The molecule has 1 aromatic heterocycles. The Bertz CT molecular complexity index is 1010. The number of benzene rings is 1. The minimum absolute atomic E-state index is 0.156. The number of hydrogen-bond donors (Lipinski definition) is 2. The standard InChI is InChI=1S/C24H31N3O4S/c1-31-22-13-8-18-6-2-3-7-21(18)23(22)32(29,30)20-11-9-19(10-12-20)27-24(28)26-16-17-5-4-14-25-15-17/h4-5,9-12,14-15,18,21-23H,2-3,6-8,13,16H2,1H3,(H2,26,27,28). The van der Waals surface area contributed by atoms with Crippen LogP contribution in [0, 0.1) is 11.8 Å². The first-order chi connectivity index (χ1) is 15.5. The molecule has 8 heteroatoms. The zero-order chi connectivity index (χ0) is 22.6. The number of nitrogens with one attached hydrogen (secondary N) is 2. The van der Waals surface area contributed by atoms with Gasteiger partial charge in [-0.15, -0.1) is 0 Å². The number of anilines is 1. The summed E-state index contributed by atoms with van der Waals surface area (Å²) in [6.07, 6.45) is 9.27. The molecule has 2 fully saturated rings. The molecule has 2 amide bonds. The van der Waals surface area contributed by atoms with Crippen molar-refractivity contribution in [3.8, 4) is 0 Å². The van der Waals surface area contributed by atoms with Crippen molar-refractivity contribution in [2.75, 3.05) is 12.4 Å². The van der Waals surface area contributed by atoms with Crippen LogP contribution in [0.2, 0.25) is 0 Å². The van der Waals surface area contributed by atoms with E-state index in [-0.39, 0.29) is 22.9 Å². The van der Waals surface area contributed by atoms with Crippen LogP contribution in [-0.2, 0) is 21.1 Å². The lowest BCUT2D eigenvalue weighted by Crippen LogP contribution is -2.49. The highest BCUT2D eigenvalue weighted by Gasteiger charge is 2.47. The van der Waals surface area contributed by atoms with Crippen LogP contribution in [0.15, 0.2) is 53.7 Å². The third-order valence-electron chi connectivity index (χ3n) is 6.86. The summed E-state index contributed by atoms with van der Waals surface area (Å²) in [5.74, 6) is 0.628. The molecule has 32 heavy (non-hydrogen) atoms. The first-order valence-electron chi connectivity index (χ1n) is 11.3. The Balaban J connectivity index is 1.44. The molecule has 0 radical (unpaired) electrons. The number of aromatic nitrogens is 1. The Morgan fingerprint density at radius 3 is 2.59 bits per heavy atom. The van der Waals surface area contributed by atoms with E-state index in [4.69, 9.17) is 4.74 Å². The number of hydrogen-bond acceptors (Lipinski definition) is 5. The number of carbonyl (C=O) groups excluding carboxylic acids is 1. The van der Waals surface area contributed by atoms with Gasteiger partial charge in [-0.05, 0) is 67.0 Å². The highest BCUT2D eigenvalue weighted by molar-refractivity contribution is 7.92. The molecule has 1 heterocycles. The van der Waals surface area contributed by atoms with Crippen LogP contribution in [0.5, 0.6) is 0 Å². The van der Waals surface area contributed by atoms with E-state index < -0.39 is 15.1 Å². The van der Waals surface area contributed by atoms with Crippen LogP contribution in [-0.4, -0.2) is 37.9 Å². The first-order valence-corrected chi connectivity index (χ1v) is 12.8. The van der Waals surface area contributed by atoms with Gasteiger partial charge in [-0.1, -0.05) is 25.3 Å². The third-order valence-corrected chi connectivity index (χ3v) is 9.15. The molecular weight excluding hydrogens is 426 g/mol. The van der Waals surface area contributed by atoms with Crippen molar-refractivity contribution < 1.29 is 17.9 Å². The second-order valence-electron chi connectivity index (χ2n) is 8.76. The molecule has 2 aromatic rings. The number of fused-ring (bicyclic) bond motifs is 1. The Hall–Kier alpha value is -2.45. The van der Waals surface area contributed by atoms with Gasteiger partial charge in [-0.25, -0.2) is 13.2 Å². The second kappa shape index (κ2) is 10.0. The third kappa shape index (κ3) is 4.96. The summed E-state index contributed by atoms with van der Waals surface area (Å²) < 4.78 is 32.9. The summed E-state index contributed by atoms with van der Waals surface area (Å²) in [6, 6.07) is 9.78. The number of methoxy groups -OCH3 is 1. The quantitative estimate of drug-likeness (QED) is 0.679. The van der Waals surface area contributed by atoms with E-state index in [1.54, 1.807) is 43.8 Å². The van der Waals surface area contributed by atoms with E-state index in [1.807, 2.05) is 12.1 Å². The molecular formula is C24H31N3O4S. The lowest BCUT2D eigenvalue weighted by Gasteiger charge is -2.44. The number of pyridine rings is 1. The number of nitrogens with zero attached hydrogens (tertiary/aromatic N) is 1. The molecule has 0 spiro atoms. The summed E-state index contributed by atoms with van der Waals surface area (Å²) in [5.41, 5.74) is 1.43. The minimum Gasteiger partial charge on any atom is -0.380 e. The van der Waals surface area contributed by atoms with Gasteiger partial charge < -0.3 is 15.4 Å². The fraction of sp³-hybridized carbons (Fsp3) is 0.500. The molecule has 0 bridgehead atoms. The summed E-state index contributed by atoms with van der Waals surface area (Å²) >= 11 is 0. The fourth-order valence-corrected chi connectivity index (χ4v) is 7.57. The van der Waals surface area contributed by atoms with Crippen LogP contribution in [0.1, 0.15) is 44.1 Å². The van der Waals surface area contributed by atoms with E-state index in [0.29, 0.717) is 18.2 Å². The fourth-order valence-electron chi connectivity index (χ4n) is 5.27. The van der Waals surface area contributed by atoms with Crippen molar-refractivity contribution in [3.63, 3.8) is 0 Å². The highest BCUT2D eigenvalue weighted by atomic mass is 32.2. The summed E-state index contributed by atoms with van der Waals surface area (Å²) in [7, 11) is -1.93. The maximum absolute atomic E-state index is 13.6. The van der Waals surface area contributed by atoms with Gasteiger partial charge in [0.05, 0.1) is 16.2 Å². The van der Waals surface area contributed by atoms with E-state index in [0.717, 1.165) is 37.7 Å². The van der Waals surface area contributed by atoms with E-state index in [9.17, 15) is 13.2 Å². The monoisotopic (exact) mass is 457 g/mol. The van der Waals surface area contributed by atoms with E-state index in [2.05, 4.69) is 15.6 Å². The van der Waals surface area contributed by atoms with Gasteiger partial charge >= 0.3 is 6.03 Å². The number of urea groups is 1. The molecule has 2 aliphatic carbocycles. The Kier molecular flexibility index (Phi) is 7.10. The average Bonchev–Trinajstić information content (AvgIpc) is 2.83. The molecule has 4 atom stereocenters. The van der Waals surface area contributed by atoms with Crippen LogP contribution in [0.4, 0.5) is 10.5 Å². The molecule has 0 aliphatic heterocycles. The van der Waals surface area contributed by atoms with Gasteiger partial charge in [0.15, 0.2) is 9.84 Å². The number of carbonyl (C=O) groups is 1. The normalized spacial score (nSPS) is 25.5. The topological polar surface area (TPSA) is 97.4 Å². The number of rotatable bonds is 6. The molecule has 172 valence electrons. The Labute approximate surface area is 189 Å². The molecule has 0 saturated heterocycles. The SMILES string of the molecule is COC1CCC2CCCCC2C1S(=O)(=O)c1ccc(NC(=O)NCc2cccnc2)cc1. The first kappa shape index (κ1) is 22.7. The number of ether oxygens (including phenoxy) is 1. The van der Waals surface area contributed by atoms with Crippen molar-refractivity contribution in [1.82, 2.24) is 10.3 Å². The minimum atomic E-state index is -3.55. The summed E-state index contributed by atoms with van der Waals surface area (Å²) in [6.45, 7) is 0.356. The van der Waals surface area contributed by atoms with Crippen LogP contribution in [0.25, 0.3) is 0 Å². The molecule has 1 aromatic carbocycles.